The Labute approximate surface area is 167 Å². The fraction of sp³-hybridized carbons (Fsp3) is 0.192. The molecule has 0 atom stereocenters. The monoisotopic (exact) mass is 367 g/mol. The smallest absolute Gasteiger partial charge is 0.144 e. The van der Waals surface area contributed by atoms with E-state index in [4.69, 9.17) is 7.16 Å². The van der Waals surface area contributed by atoms with Gasteiger partial charge in [-0.1, -0.05) is 57.2 Å². The number of hydrogen-bond acceptors (Lipinski definition) is 2. The number of rotatable bonds is 2. The predicted molar refractivity (Wildman–Crippen MR) is 118 cm³/mol. The molecule has 0 fully saturated rings. The minimum atomic E-state index is -1.48. The lowest BCUT2D eigenvalue weighted by Crippen LogP contribution is -2.09. The molecule has 138 valence electrons. The predicted octanol–water partition coefficient (Wildman–Crippen LogP) is 7.39. The molecule has 0 amide bonds. The Balaban J connectivity index is 1.74. The molecule has 0 aliphatic heterocycles. The van der Waals surface area contributed by atoms with Gasteiger partial charge in [-0.3, -0.25) is 4.98 Å². The minimum Gasteiger partial charge on any atom is -0.455 e. The van der Waals surface area contributed by atoms with Gasteiger partial charge in [-0.25, -0.2) is 0 Å². The van der Waals surface area contributed by atoms with E-state index in [-0.39, 0.29) is 0 Å². The zero-order valence-corrected chi connectivity index (χ0v) is 16.3. The van der Waals surface area contributed by atoms with Gasteiger partial charge in [0.25, 0.3) is 0 Å². The van der Waals surface area contributed by atoms with Crippen molar-refractivity contribution in [3.63, 3.8) is 0 Å². The molecule has 5 aromatic rings. The Hall–Kier alpha value is -3.13. The van der Waals surface area contributed by atoms with E-state index in [0.717, 1.165) is 38.6 Å². The highest BCUT2D eigenvalue weighted by molar-refractivity contribution is 6.13. The van der Waals surface area contributed by atoms with Gasteiger partial charge in [0.2, 0.25) is 0 Å². The van der Waals surface area contributed by atoms with E-state index in [1.165, 1.54) is 5.39 Å². The standard InChI is InChI=1S/C26H23NO/c1-26(2,3)16-17-11-12-27-23(13-17)21-10-6-9-20-22-14-18-7-4-5-8-19(18)15-24(22)28-25(20)21/h4-15H,16H2,1-3H3/i16D2. The summed E-state index contributed by atoms with van der Waals surface area (Å²) in [6.45, 7) is 5.74. The van der Waals surface area contributed by atoms with Crippen LogP contribution < -0.4 is 0 Å². The Morgan fingerprint density at radius 3 is 2.46 bits per heavy atom. The molecule has 0 N–H and O–H groups in total. The highest BCUT2D eigenvalue weighted by Crippen LogP contribution is 2.37. The summed E-state index contributed by atoms with van der Waals surface area (Å²) in [5.41, 5.74) is 3.31. The van der Waals surface area contributed by atoms with Crippen molar-refractivity contribution in [2.75, 3.05) is 0 Å². The van der Waals surface area contributed by atoms with Crippen LogP contribution in [0.2, 0.25) is 0 Å². The number of aromatic nitrogens is 1. The third-order valence-electron chi connectivity index (χ3n) is 4.92. The van der Waals surface area contributed by atoms with Crippen molar-refractivity contribution in [2.45, 2.75) is 27.1 Å². The van der Waals surface area contributed by atoms with Crippen LogP contribution in [-0.2, 0) is 6.37 Å². The van der Waals surface area contributed by atoms with Crippen molar-refractivity contribution in [1.29, 1.82) is 0 Å². The summed E-state index contributed by atoms with van der Waals surface area (Å²) in [6, 6.07) is 22.2. The maximum atomic E-state index is 8.63. The van der Waals surface area contributed by atoms with Crippen LogP contribution in [0, 0.1) is 5.41 Å². The van der Waals surface area contributed by atoms with Crippen molar-refractivity contribution in [3.05, 3.63) is 78.5 Å². The molecule has 0 saturated carbocycles. The van der Waals surface area contributed by atoms with Gasteiger partial charge in [0, 0.05) is 25.3 Å². The summed E-state index contributed by atoms with van der Waals surface area (Å²) < 4.78 is 23.6. The first-order valence-corrected chi connectivity index (χ1v) is 9.57. The normalized spacial score (nSPS) is 13.8. The molecule has 2 aromatic heterocycles. The molecule has 0 bridgehead atoms. The second-order valence-electron chi connectivity index (χ2n) is 8.28. The quantitative estimate of drug-likeness (QED) is 0.325. The maximum Gasteiger partial charge on any atom is 0.144 e. The molecule has 0 saturated heterocycles. The number of hydrogen-bond donors (Lipinski definition) is 0. The molecular weight excluding hydrogens is 342 g/mol. The second kappa shape index (κ2) is 6.20. The van der Waals surface area contributed by atoms with Crippen LogP contribution in [0.15, 0.2) is 77.3 Å². The Morgan fingerprint density at radius 1 is 0.893 bits per heavy atom. The molecule has 0 unspecified atom stereocenters. The molecule has 0 aliphatic carbocycles. The number of fused-ring (bicyclic) bond motifs is 4. The van der Waals surface area contributed by atoms with E-state index in [1.807, 2.05) is 51.1 Å². The van der Waals surface area contributed by atoms with Gasteiger partial charge in [0.1, 0.15) is 11.2 Å². The molecule has 2 heteroatoms. The average molecular weight is 367 g/mol. The summed E-state index contributed by atoms with van der Waals surface area (Å²) in [7, 11) is 0. The number of furan rings is 1. The van der Waals surface area contributed by atoms with E-state index in [9.17, 15) is 0 Å². The number of para-hydroxylation sites is 1. The van der Waals surface area contributed by atoms with E-state index in [0.29, 0.717) is 5.56 Å². The molecule has 28 heavy (non-hydrogen) atoms. The first-order valence-electron chi connectivity index (χ1n) is 10.6. The molecule has 2 nitrogen and oxygen atoms in total. The molecule has 0 radical (unpaired) electrons. The Bertz CT molecular complexity index is 1410. The van der Waals surface area contributed by atoms with Crippen molar-refractivity contribution in [1.82, 2.24) is 4.98 Å². The van der Waals surface area contributed by atoms with Gasteiger partial charge >= 0.3 is 0 Å². The lowest BCUT2D eigenvalue weighted by molar-refractivity contribution is 0.411. The van der Waals surface area contributed by atoms with Crippen molar-refractivity contribution in [3.8, 4) is 11.3 Å². The Morgan fingerprint density at radius 2 is 1.68 bits per heavy atom. The SMILES string of the molecule is [2H]C([2H])(c1ccnc(-c2cccc3c2oc2cc4ccccc4cc23)c1)C(C)(C)C. The fourth-order valence-electron chi connectivity index (χ4n) is 3.77. The summed E-state index contributed by atoms with van der Waals surface area (Å²) >= 11 is 0. The number of nitrogens with zero attached hydrogens (tertiary/aromatic N) is 1. The number of pyridine rings is 1. The summed E-state index contributed by atoms with van der Waals surface area (Å²) in [4.78, 5) is 4.55. The average Bonchev–Trinajstić information content (AvgIpc) is 3.09. The van der Waals surface area contributed by atoms with Crippen molar-refractivity contribution in [2.24, 2.45) is 5.41 Å². The zero-order valence-electron chi connectivity index (χ0n) is 18.3. The number of benzene rings is 3. The van der Waals surface area contributed by atoms with Crippen LogP contribution in [0.3, 0.4) is 0 Å². The maximum absolute atomic E-state index is 8.63. The molecule has 0 aliphatic rings. The first kappa shape index (κ1) is 14.9. The first-order chi connectivity index (χ1) is 14.3. The highest BCUT2D eigenvalue weighted by atomic mass is 16.3. The highest BCUT2D eigenvalue weighted by Gasteiger charge is 2.16. The van der Waals surface area contributed by atoms with Crippen LogP contribution in [0.4, 0.5) is 0 Å². The van der Waals surface area contributed by atoms with E-state index >= 15 is 0 Å². The molecular formula is C26H23NO. The topological polar surface area (TPSA) is 26.0 Å². The lowest BCUT2D eigenvalue weighted by atomic mass is 9.88. The molecule has 0 spiro atoms. The lowest BCUT2D eigenvalue weighted by Gasteiger charge is -2.18. The van der Waals surface area contributed by atoms with Crippen LogP contribution in [0.1, 0.15) is 29.1 Å². The van der Waals surface area contributed by atoms with E-state index < -0.39 is 11.8 Å². The van der Waals surface area contributed by atoms with Crippen LogP contribution in [-0.4, -0.2) is 4.98 Å². The van der Waals surface area contributed by atoms with Crippen molar-refractivity contribution < 1.29 is 7.16 Å². The largest absolute Gasteiger partial charge is 0.455 e. The van der Waals surface area contributed by atoms with Gasteiger partial charge in [0.05, 0.1) is 5.69 Å². The van der Waals surface area contributed by atoms with E-state index in [1.54, 1.807) is 12.3 Å². The van der Waals surface area contributed by atoms with Gasteiger partial charge in [-0.05, 0) is 58.5 Å². The summed E-state index contributed by atoms with van der Waals surface area (Å²) in [5, 5.41) is 4.44. The molecule has 2 heterocycles. The van der Waals surface area contributed by atoms with Crippen LogP contribution in [0.5, 0.6) is 0 Å². The second-order valence-corrected chi connectivity index (χ2v) is 8.28. The van der Waals surface area contributed by atoms with Gasteiger partial charge in [0.15, 0.2) is 0 Å². The summed E-state index contributed by atoms with van der Waals surface area (Å²) in [5.74, 6) is 0. The van der Waals surface area contributed by atoms with Gasteiger partial charge in [-0.2, -0.15) is 0 Å². The van der Waals surface area contributed by atoms with Crippen LogP contribution in [0.25, 0.3) is 44.0 Å². The zero-order chi connectivity index (χ0) is 21.1. The molecule has 3 aromatic carbocycles. The minimum absolute atomic E-state index is 0.531. The van der Waals surface area contributed by atoms with E-state index in [2.05, 4.69) is 35.3 Å². The van der Waals surface area contributed by atoms with Crippen molar-refractivity contribution >= 4 is 32.7 Å². The third-order valence-corrected chi connectivity index (χ3v) is 4.92. The van der Waals surface area contributed by atoms with Gasteiger partial charge in [-0.15, -0.1) is 0 Å². The molecule has 5 rings (SSSR count). The van der Waals surface area contributed by atoms with Gasteiger partial charge < -0.3 is 4.42 Å². The van der Waals surface area contributed by atoms with Crippen LogP contribution >= 0.6 is 0 Å². The Kier molecular flexibility index (Phi) is 3.29. The third kappa shape index (κ3) is 2.95. The fourth-order valence-corrected chi connectivity index (χ4v) is 3.77. The summed E-state index contributed by atoms with van der Waals surface area (Å²) in [6.07, 6.45) is 0.203.